The van der Waals surface area contributed by atoms with Gasteiger partial charge in [-0.15, -0.1) is 10.2 Å². The van der Waals surface area contributed by atoms with E-state index in [0.29, 0.717) is 17.8 Å². The minimum absolute atomic E-state index is 0.0132. The van der Waals surface area contributed by atoms with Crippen LogP contribution in [-0.2, 0) is 6.42 Å². The highest BCUT2D eigenvalue weighted by atomic mass is 19.1. The molecule has 0 bridgehead atoms. The van der Waals surface area contributed by atoms with E-state index < -0.39 is 23.6 Å². The van der Waals surface area contributed by atoms with Crippen LogP contribution in [0.5, 0.6) is 0 Å². The standard InChI is InChI=1S/C27H35F2N5O/c1-2-3-4-5-6-7-8-9-10-14-17-25-31-33-34(32-25)27(35)26(21-15-12-11-13-16-21)30-24-19-18-22(28)20-23(24)29/h11-13,15-16,18-20,26,30H,2-10,14,17H2,1H3. The molecule has 0 saturated heterocycles. The van der Waals surface area contributed by atoms with E-state index in [1.165, 1.54) is 57.4 Å². The fraction of sp³-hybridized carbons (Fsp3) is 0.481. The number of nitrogens with zero attached hydrogens (tertiary/aromatic N) is 4. The van der Waals surface area contributed by atoms with Crippen molar-refractivity contribution in [2.45, 2.75) is 83.6 Å². The van der Waals surface area contributed by atoms with Crippen LogP contribution in [0.3, 0.4) is 0 Å². The predicted octanol–water partition coefficient (Wildman–Crippen LogP) is 6.91. The Labute approximate surface area is 206 Å². The lowest BCUT2D eigenvalue weighted by Gasteiger charge is -2.18. The summed E-state index contributed by atoms with van der Waals surface area (Å²) in [6.07, 6.45) is 13.0. The van der Waals surface area contributed by atoms with Crippen LogP contribution < -0.4 is 5.32 Å². The maximum absolute atomic E-state index is 14.3. The molecule has 0 spiro atoms. The molecule has 0 aliphatic heterocycles. The summed E-state index contributed by atoms with van der Waals surface area (Å²) in [4.78, 5) is 14.2. The lowest BCUT2D eigenvalue weighted by atomic mass is 10.1. The van der Waals surface area contributed by atoms with Gasteiger partial charge in [0.1, 0.15) is 17.7 Å². The molecule has 1 atom stereocenters. The molecular formula is C27H35F2N5O. The number of anilines is 1. The third-order valence-electron chi connectivity index (χ3n) is 6.02. The van der Waals surface area contributed by atoms with E-state index in [1.807, 2.05) is 6.07 Å². The molecular weight excluding hydrogens is 448 g/mol. The average Bonchev–Trinajstić information content (AvgIpc) is 3.34. The monoisotopic (exact) mass is 483 g/mol. The molecule has 0 radical (unpaired) electrons. The first kappa shape index (κ1) is 26.4. The Morgan fingerprint density at radius 2 is 1.57 bits per heavy atom. The van der Waals surface area contributed by atoms with Gasteiger partial charge in [0, 0.05) is 12.5 Å². The van der Waals surface area contributed by atoms with Crippen LogP contribution in [0.15, 0.2) is 48.5 Å². The van der Waals surface area contributed by atoms with Crippen molar-refractivity contribution in [3.63, 3.8) is 0 Å². The summed E-state index contributed by atoms with van der Waals surface area (Å²) >= 11 is 0. The molecule has 35 heavy (non-hydrogen) atoms. The zero-order valence-corrected chi connectivity index (χ0v) is 20.4. The number of benzene rings is 2. The Morgan fingerprint density at radius 1 is 0.914 bits per heavy atom. The van der Waals surface area contributed by atoms with Gasteiger partial charge in [-0.25, -0.2) is 8.78 Å². The molecule has 3 aromatic rings. The molecule has 1 aromatic heterocycles. The summed E-state index contributed by atoms with van der Waals surface area (Å²) in [7, 11) is 0. The minimum Gasteiger partial charge on any atom is -0.368 e. The molecule has 188 valence electrons. The Balaban J connectivity index is 1.53. The summed E-state index contributed by atoms with van der Waals surface area (Å²) in [5, 5.41) is 15.1. The molecule has 1 N–H and O–H groups in total. The third-order valence-corrected chi connectivity index (χ3v) is 6.02. The van der Waals surface area contributed by atoms with Crippen LogP contribution >= 0.6 is 0 Å². The summed E-state index contributed by atoms with van der Waals surface area (Å²) in [6.45, 7) is 2.23. The molecule has 3 rings (SSSR count). The number of aromatic nitrogens is 4. The Kier molecular flexibility index (Phi) is 10.8. The largest absolute Gasteiger partial charge is 0.368 e. The van der Waals surface area contributed by atoms with Gasteiger partial charge in [-0.3, -0.25) is 4.79 Å². The number of nitrogens with one attached hydrogen (secondary N) is 1. The second-order valence-corrected chi connectivity index (χ2v) is 8.88. The van der Waals surface area contributed by atoms with Crippen molar-refractivity contribution in [3.05, 3.63) is 71.6 Å². The van der Waals surface area contributed by atoms with Crippen molar-refractivity contribution in [1.29, 1.82) is 0 Å². The van der Waals surface area contributed by atoms with Crippen LogP contribution in [0.2, 0.25) is 0 Å². The van der Waals surface area contributed by atoms with Gasteiger partial charge < -0.3 is 5.32 Å². The van der Waals surface area contributed by atoms with Gasteiger partial charge in [-0.2, -0.15) is 0 Å². The topological polar surface area (TPSA) is 72.7 Å². The van der Waals surface area contributed by atoms with E-state index in [0.717, 1.165) is 29.8 Å². The van der Waals surface area contributed by atoms with Gasteiger partial charge in [0.25, 0.3) is 5.91 Å². The maximum atomic E-state index is 14.3. The second kappa shape index (κ2) is 14.3. The summed E-state index contributed by atoms with van der Waals surface area (Å²) in [5.41, 5.74) is 0.620. The molecule has 2 aromatic carbocycles. The van der Waals surface area contributed by atoms with Crippen LogP contribution in [0.25, 0.3) is 0 Å². The first-order chi connectivity index (χ1) is 17.1. The number of hydrogen-bond donors (Lipinski definition) is 1. The smallest absolute Gasteiger partial charge is 0.292 e. The number of unbranched alkanes of at least 4 members (excludes halogenated alkanes) is 9. The molecule has 0 amide bonds. The zero-order valence-electron chi connectivity index (χ0n) is 20.4. The van der Waals surface area contributed by atoms with Gasteiger partial charge in [0.15, 0.2) is 5.82 Å². The molecule has 0 aliphatic carbocycles. The molecule has 1 heterocycles. The Hall–Kier alpha value is -3.16. The molecule has 0 fully saturated rings. The van der Waals surface area contributed by atoms with E-state index in [4.69, 9.17) is 0 Å². The lowest BCUT2D eigenvalue weighted by molar-refractivity contribution is 0.0850. The van der Waals surface area contributed by atoms with Crippen LogP contribution in [0.1, 0.15) is 93.4 Å². The Morgan fingerprint density at radius 3 is 2.23 bits per heavy atom. The quantitative estimate of drug-likeness (QED) is 0.238. The van der Waals surface area contributed by atoms with Gasteiger partial charge in [-0.05, 0) is 29.3 Å². The summed E-state index contributed by atoms with van der Waals surface area (Å²) in [6, 6.07) is 11.1. The van der Waals surface area contributed by atoms with E-state index >= 15 is 0 Å². The summed E-state index contributed by atoms with van der Waals surface area (Å²) in [5.74, 6) is -1.46. The number of hydrogen-bond acceptors (Lipinski definition) is 5. The van der Waals surface area contributed by atoms with E-state index in [1.54, 1.807) is 24.3 Å². The van der Waals surface area contributed by atoms with Crippen LogP contribution in [0, 0.1) is 11.6 Å². The van der Waals surface area contributed by atoms with Crippen molar-refractivity contribution in [3.8, 4) is 0 Å². The second-order valence-electron chi connectivity index (χ2n) is 8.88. The molecule has 0 saturated carbocycles. The third kappa shape index (κ3) is 8.53. The van der Waals surface area contributed by atoms with Gasteiger partial charge >= 0.3 is 0 Å². The van der Waals surface area contributed by atoms with Crippen molar-refractivity contribution in [2.24, 2.45) is 0 Å². The van der Waals surface area contributed by atoms with E-state index in [9.17, 15) is 13.6 Å². The highest BCUT2D eigenvalue weighted by molar-refractivity contribution is 5.86. The minimum atomic E-state index is -0.962. The first-order valence-corrected chi connectivity index (χ1v) is 12.7. The number of rotatable bonds is 15. The Bertz CT molecular complexity index is 1040. The molecule has 1 unspecified atom stereocenters. The fourth-order valence-electron chi connectivity index (χ4n) is 4.02. The van der Waals surface area contributed by atoms with Gasteiger partial charge in [0.05, 0.1) is 5.69 Å². The normalized spacial score (nSPS) is 12.0. The fourth-order valence-corrected chi connectivity index (χ4v) is 4.02. The number of halogens is 2. The number of carbonyl (C=O) groups is 1. The highest BCUT2D eigenvalue weighted by Gasteiger charge is 2.25. The molecule has 0 aliphatic rings. The number of carbonyl (C=O) groups excluding carboxylic acids is 1. The SMILES string of the molecule is CCCCCCCCCCCCc1nnn(C(=O)C(Nc2ccc(F)cc2F)c2ccccc2)n1. The van der Waals surface area contributed by atoms with Gasteiger partial charge in [-0.1, -0.05) is 99.8 Å². The van der Waals surface area contributed by atoms with Crippen molar-refractivity contribution < 1.29 is 13.6 Å². The van der Waals surface area contributed by atoms with Crippen LogP contribution in [-0.4, -0.2) is 26.1 Å². The predicted molar refractivity (Wildman–Crippen MR) is 133 cm³/mol. The number of aryl methyl sites for hydroxylation is 1. The summed E-state index contributed by atoms with van der Waals surface area (Å²) < 4.78 is 27.6. The van der Waals surface area contributed by atoms with Crippen molar-refractivity contribution in [1.82, 2.24) is 20.2 Å². The van der Waals surface area contributed by atoms with Crippen molar-refractivity contribution >= 4 is 11.6 Å². The average molecular weight is 484 g/mol. The van der Waals surface area contributed by atoms with Crippen molar-refractivity contribution in [2.75, 3.05) is 5.32 Å². The maximum Gasteiger partial charge on any atom is 0.292 e. The van der Waals surface area contributed by atoms with Crippen LogP contribution in [0.4, 0.5) is 14.5 Å². The molecule has 8 heteroatoms. The van der Waals surface area contributed by atoms with Gasteiger partial charge in [0.2, 0.25) is 0 Å². The lowest BCUT2D eigenvalue weighted by Crippen LogP contribution is -2.28. The first-order valence-electron chi connectivity index (χ1n) is 12.7. The van der Waals surface area contributed by atoms with E-state index in [-0.39, 0.29) is 5.69 Å². The number of tetrazole rings is 1. The molecule has 6 nitrogen and oxygen atoms in total. The highest BCUT2D eigenvalue weighted by Crippen LogP contribution is 2.24. The zero-order chi connectivity index (χ0) is 24.9. The van der Waals surface area contributed by atoms with E-state index in [2.05, 4.69) is 27.7 Å².